The molecule has 0 unspecified atom stereocenters. The van der Waals surface area contributed by atoms with Gasteiger partial charge in [-0.05, 0) is 124 Å². The Bertz CT molecular complexity index is 3230. The van der Waals surface area contributed by atoms with Gasteiger partial charge < -0.3 is 43.7 Å². The number of aryl methyl sites for hydroxylation is 4. The Hall–Kier alpha value is -7.98. The second-order valence-electron chi connectivity index (χ2n) is 21.1. The van der Waals surface area contributed by atoms with Crippen LogP contribution in [0.3, 0.4) is 0 Å². The third kappa shape index (κ3) is 15.0. The Morgan fingerprint density at radius 3 is 1.88 bits per heavy atom. The molecule has 6 aromatic rings. The smallest absolute Gasteiger partial charge is 0.421 e. The normalized spacial score (nSPS) is 18.0. The summed E-state index contributed by atoms with van der Waals surface area (Å²) < 4.78 is 38.7. The number of hydrogen-bond donors (Lipinski definition) is 2. The van der Waals surface area contributed by atoms with Crippen molar-refractivity contribution in [3.63, 3.8) is 0 Å². The van der Waals surface area contributed by atoms with Crippen molar-refractivity contribution in [2.75, 3.05) is 118 Å². The van der Waals surface area contributed by atoms with E-state index in [2.05, 4.69) is 31.9 Å². The molecule has 4 aliphatic rings. The van der Waals surface area contributed by atoms with E-state index >= 15 is 0 Å². The van der Waals surface area contributed by atoms with Crippen LogP contribution in [0, 0.1) is 27.7 Å². The number of benzene rings is 4. The SMILES string of the molecule is CCN1CCN(CCOc2ccc3cc2COC/C(N2c4ccc(OCCN5CCC(O)CC5)c(c4)COC/C=C/CN(C(=O)Oc4c(C)cccc4C)c4ccnc2n4)=C\CN(C(=O)Oc2c(C)cccc2C)c2ccnc(n2)N3)CC1. The summed E-state index contributed by atoms with van der Waals surface area (Å²) in [6, 6.07) is 26.4. The van der Waals surface area contributed by atoms with E-state index in [0.29, 0.717) is 59.8 Å². The minimum atomic E-state index is -0.682. The molecule has 0 saturated carbocycles. The van der Waals surface area contributed by atoms with Gasteiger partial charge in [-0.2, -0.15) is 9.97 Å². The molecule has 10 rings (SSSR count). The number of aromatic nitrogens is 4. The molecule has 2 amide bonds. The maximum atomic E-state index is 14.8. The standard InChI is InChI=1S/C63H75N11O9/c1-6-69-30-32-71(33-31-69)35-38-80-54-17-15-50-39-48(54)42-79-43-52(21-29-73(56-19-24-64-60(66-50)67-56)63(77)83-59-46(4)13-10-14-47(59)5)74-51-16-18-55(81-37-34-70-27-22-53(75)23-28-70)49(40-51)41-78-36-8-7-26-72(57-20-25-65-61(74)68-57)62(76)82-58-44(2)11-9-12-45(58)3/h7-21,24-25,39-40,53,75H,6,22-23,26-38,41-43H2,1-5H3,(H,64,66,67)/b8-7+,52-21+. The minimum Gasteiger partial charge on any atom is -0.492 e. The summed E-state index contributed by atoms with van der Waals surface area (Å²) in [4.78, 5) is 60.8. The second-order valence-corrected chi connectivity index (χ2v) is 21.1. The average molecular weight is 1130 g/mol. The van der Waals surface area contributed by atoms with Crippen molar-refractivity contribution in [2.45, 2.75) is 66.8 Å². The number of hydrogen-bond acceptors (Lipinski definition) is 18. The van der Waals surface area contributed by atoms with Crippen LogP contribution in [0.2, 0.25) is 0 Å². The lowest BCUT2D eigenvalue weighted by atomic mass is 10.1. The van der Waals surface area contributed by atoms with Crippen LogP contribution in [0.15, 0.2) is 121 Å². The Labute approximate surface area is 485 Å². The first kappa shape index (κ1) is 58.2. The van der Waals surface area contributed by atoms with E-state index in [1.54, 1.807) is 24.5 Å². The zero-order valence-corrected chi connectivity index (χ0v) is 48.2. The molecule has 0 radical (unpaired) electrons. The number of ether oxygens (including phenoxy) is 6. The van der Waals surface area contributed by atoms with Crippen LogP contribution in [0.1, 0.15) is 53.1 Å². The van der Waals surface area contributed by atoms with Crippen LogP contribution in [-0.2, 0) is 22.7 Å². The number of piperidine rings is 1. The number of piperazine rings is 1. The molecular formula is C63H75N11O9. The number of aliphatic hydroxyl groups is 1. The van der Waals surface area contributed by atoms with Crippen molar-refractivity contribution in [3.05, 3.63) is 155 Å². The molecule has 2 N–H and O–H groups in total. The average Bonchev–Trinajstić information content (AvgIpc) is 3.64. The Kier molecular flexibility index (Phi) is 19.5. The van der Waals surface area contributed by atoms with Crippen molar-refractivity contribution in [1.82, 2.24) is 34.6 Å². The molecule has 0 atom stereocenters. The van der Waals surface area contributed by atoms with Crippen LogP contribution in [0.25, 0.3) is 0 Å². The molecule has 0 aliphatic carbocycles. The van der Waals surface area contributed by atoms with Gasteiger partial charge in [0.05, 0.1) is 39.1 Å². The van der Waals surface area contributed by atoms with Gasteiger partial charge in [0.1, 0.15) is 47.8 Å². The molecule has 2 saturated heterocycles. The highest BCUT2D eigenvalue weighted by molar-refractivity contribution is 5.90. The van der Waals surface area contributed by atoms with Gasteiger partial charge in [0.25, 0.3) is 0 Å². The van der Waals surface area contributed by atoms with Crippen LogP contribution in [0.5, 0.6) is 23.0 Å². The topological polar surface area (TPSA) is 193 Å². The number of aliphatic hydroxyl groups excluding tert-OH is 1. The molecule has 0 spiro atoms. The van der Waals surface area contributed by atoms with Gasteiger partial charge in [-0.3, -0.25) is 24.5 Å². The number of anilines is 6. The fourth-order valence-corrected chi connectivity index (χ4v) is 10.5. The van der Waals surface area contributed by atoms with E-state index in [0.717, 1.165) is 98.6 Å². The molecule has 20 nitrogen and oxygen atoms in total. The predicted molar refractivity (Wildman–Crippen MR) is 319 cm³/mol. The minimum absolute atomic E-state index is 0.0448. The number of likely N-dealkylation sites (tertiary alicyclic amines) is 1. The second kappa shape index (κ2) is 27.9. The van der Waals surface area contributed by atoms with Gasteiger partial charge in [0.15, 0.2) is 0 Å². The number of para-hydroxylation sites is 2. The Balaban J connectivity index is 1.06. The summed E-state index contributed by atoms with van der Waals surface area (Å²) in [7, 11) is 0. The van der Waals surface area contributed by atoms with Gasteiger partial charge >= 0.3 is 12.2 Å². The first-order valence-electron chi connectivity index (χ1n) is 28.7. The number of fused-ring (bicyclic) bond motifs is 8. The quantitative estimate of drug-likeness (QED) is 0.110. The Morgan fingerprint density at radius 2 is 1.22 bits per heavy atom. The molecule has 2 aromatic heterocycles. The summed E-state index contributed by atoms with van der Waals surface area (Å²) >= 11 is 0. The highest BCUT2D eigenvalue weighted by Gasteiger charge is 2.28. The van der Waals surface area contributed by atoms with E-state index in [1.807, 2.05) is 124 Å². The largest absolute Gasteiger partial charge is 0.492 e. The van der Waals surface area contributed by atoms with E-state index < -0.39 is 12.2 Å². The van der Waals surface area contributed by atoms with Gasteiger partial charge in [-0.15, -0.1) is 0 Å². The summed E-state index contributed by atoms with van der Waals surface area (Å²) in [6.45, 7) is 19.3. The van der Waals surface area contributed by atoms with E-state index in [4.69, 9.17) is 43.4 Å². The van der Waals surface area contributed by atoms with Gasteiger partial charge in [0.2, 0.25) is 11.9 Å². The number of amides is 2. The molecule has 6 heterocycles. The fraction of sp³-hybridized carbons (Fsp3) is 0.397. The van der Waals surface area contributed by atoms with Gasteiger partial charge in [-0.1, -0.05) is 55.5 Å². The van der Waals surface area contributed by atoms with Gasteiger partial charge in [-0.25, -0.2) is 19.6 Å². The summed E-state index contributed by atoms with van der Waals surface area (Å²) in [5.41, 5.74) is 6.54. The number of likely N-dealkylation sites (N-methyl/N-ethyl adjacent to an activating group) is 1. The highest BCUT2D eigenvalue weighted by atomic mass is 16.6. The van der Waals surface area contributed by atoms with E-state index in [9.17, 15) is 14.7 Å². The molecule has 4 aliphatic heterocycles. The van der Waals surface area contributed by atoms with Crippen LogP contribution in [0.4, 0.5) is 44.5 Å². The molecular weight excluding hydrogens is 1050 g/mol. The zero-order valence-electron chi connectivity index (χ0n) is 48.2. The van der Waals surface area contributed by atoms with Crippen molar-refractivity contribution >= 4 is 47.1 Å². The zero-order chi connectivity index (χ0) is 57.7. The van der Waals surface area contributed by atoms with Crippen LogP contribution >= 0.6 is 0 Å². The van der Waals surface area contributed by atoms with Crippen LogP contribution < -0.4 is 39.0 Å². The van der Waals surface area contributed by atoms with Crippen molar-refractivity contribution in [3.8, 4) is 23.0 Å². The van der Waals surface area contributed by atoms with E-state index in [1.165, 1.54) is 9.80 Å². The summed E-state index contributed by atoms with van der Waals surface area (Å²) in [5.74, 6) is 3.17. The van der Waals surface area contributed by atoms with Gasteiger partial charge in [0, 0.05) is 99.5 Å². The Morgan fingerprint density at radius 1 is 0.639 bits per heavy atom. The third-order valence-electron chi connectivity index (χ3n) is 15.3. The number of carbonyl (C=O) groups is 2. The van der Waals surface area contributed by atoms with Crippen LogP contribution in [-0.4, -0.2) is 156 Å². The lowest BCUT2D eigenvalue weighted by molar-refractivity contribution is 0.0750. The summed E-state index contributed by atoms with van der Waals surface area (Å²) in [6.07, 6.45) is 8.63. The lowest BCUT2D eigenvalue weighted by Crippen LogP contribution is -2.47. The van der Waals surface area contributed by atoms with Crippen molar-refractivity contribution in [2.24, 2.45) is 0 Å². The number of rotatable bonds is 12. The molecule has 20 heteroatoms. The first-order valence-corrected chi connectivity index (χ1v) is 28.7. The first-order chi connectivity index (χ1) is 40.5. The van der Waals surface area contributed by atoms with Crippen molar-refractivity contribution < 1.29 is 43.1 Å². The third-order valence-corrected chi connectivity index (χ3v) is 15.3. The number of nitrogens with zero attached hydrogens (tertiary/aromatic N) is 10. The lowest BCUT2D eigenvalue weighted by Gasteiger charge is -2.33. The molecule has 4 aromatic carbocycles. The molecule has 436 valence electrons. The number of carbonyl (C=O) groups excluding carboxylic acids is 2. The predicted octanol–water partition coefficient (Wildman–Crippen LogP) is 9.45. The maximum absolute atomic E-state index is 14.8. The summed E-state index contributed by atoms with van der Waals surface area (Å²) in [5, 5.41) is 13.5. The molecule has 83 heavy (non-hydrogen) atoms. The molecule has 8 bridgehead atoms. The maximum Gasteiger partial charge on any atom is 0.421 e. The number of nitrogens with one attached hydrogen (secondary N) is 1. The highest BCUT2D eigenvalue weighted by Crippen LogP contribution is 2.36. The van der Waals surface area contributed by atoms with Crippen molar-refractivity contribution in [1.29, 1.82) is 0 Å². The monoisotopic (exact) mass is 1130 g/mol. The fourth-order valence-electron chi connectivity index (χ4n) is 10.5. The van der Waals surface area contributed by atoms with E-state index in [-0.39, 0.29) is 69.2 Å². The molecule has 2 fully saturated rings.